The molecule has 0 unspecified atom stereocenters. The van der Waals surface area contributed by atoms with Gasteiger partial charge >= 0.3 is 5.97 Å². The van der Waals surface area contributed by atoms with Gasteiger partial charge in [0.15, 0.2) is 23.0 Å². The monoisotopic (exact) mass is 316 g/mol. The van der Waals surface area contributed by atoms with Crippen molar-refractivity contribution >= 4 is 5.97 Å². The normalized spacial score (nSPS) is 20.3. The van der Waals surface area contributed by atoms with Crippen LogP contribution in [-0.4, -0.2) is 35.0 Å². The minimum atomic E-state index is -0.576. The first-order valence-electron chi connectivity index (χ1n) is 7.06. The van der Waals surface area contributed by atoms with Crippen LogP contribution in [0, 0.1) is 0 Å². The summed E-state index contributed by atoms with van der Waals surface area (Å²) in [6.07, 6.45) is 0. The average Bonchev–Trinajstić information content (AvgIpc) is 2.92. The third-order valence-corrected chi connectivity index (χ3v) is 4.05. The Balaban J connectivity index is 2.01. The van der Waals surface area contributed by atoms with Gasteiger partial charge in [0.2, 0.25) is 0 Å². The van der Waals surface area contributed by atoms with E-state index in [1.807, 2.05) is 0 Å². The topological polar surface area (TPSA) is 96.2 Å². The Morgan fingerprint density at radius 1 is 1.00 bits per heavy atom. The molecule has 0 radical (unpaired) electrons. The van der Waals surface area contributed by atoms with Crippen LogP contribution < -0.4 is 4.74 Å². The van der Waals surface area contributed by atoms with E-state index in [9.17, 15) is 20.1 Å². The second-order valence-electron chi connectivity index (χ2n) is 5.39. The third-order valence-electron chi connectivity index (χ3n) is 4.05. The minimum absolute atomic E-state index is 0.0126. The van der Waals surface area contributed by atoms with Crippen molar-refractivity contribution in [1.29, 1.82) is 0 Å². The van der Waals surface area contributed by atoms with E-state index >= 15 is 0 Å². The summed E-state index contributed by atoms with van der Waals surface area (Å²) < 4.78 is 10.3. The summed E-state index contributed by atoms with van der Waals surface area (Å²) in [5.74, 6) is -1.46. The molecule has 0 aliphatic carbocycles. The predicted molar refractivity (Wildman–Crippen MR) is 80.9 cm³/mol. The molecular formula is C17H16O6. The smallest absolute Gasteiger partial charge is 0.314 e. The first kappa shape index (κ1) is 15.0. The molecule has 1 saturated heterocycles. The molecule has 0 bridgehead atoms. The highest BCUT2D eigenvalue weighted by Gasteiger charge is 2.39. The average molecular weight is 316 g/mol. The maximum atomic E-state index is 12.2. The molecule has 3 N–H and O–H groups in total. The minimum Gasteiger partial charge on any atom is -0.504 e. The van der Waals surface area contributed by atoms with Gasteiger partial charge in [-0.15, -0.1) is 0 Å². The number of ether oxygens (including phenoxy) is 2. The highest BCUT2D eigenvalue weighted by molar-refractivity contribution is 5.82. The van der Waals surface area contributed by atoms with E-state index in [-0.39, 0.29) is 41.5 Å². The van der Waals surface area contributed by atoms with Crippen LogP contribution in [0.25, 0.3) is 0 Å². The molecule has 3 rings (SSSR count). The molecule has 1 fully saturated rings. The fraction of sp³-hybridized carbons (Fsp3) is 0.235. The predicted octanol–water partition coefficient (Wildman–Crippen LogP) is 2.24. The lowest BCUT2D eigenvalue weighted by atomic mass is 9.83. The van der Waals surface area contributed by atoms with Crippen molar-refractivity contribution in [2.45, 2.75) is 11.8 Å². The van der Waals surface area contributed by atoms with E-state index < -0.39 is 5.92 Å². The number of hydrogen-bond acceptors (Lipinski definition) is 6. The zero-order chi connectivity index (χ0) is 16.6. The zero-order valence-electron chi connectivity index (χ0n) is 12.4. The molecule has 0 amide bonds. The number of aromatic hydroxyl groups is 3. The Morgan fingerprint density at radius 3 is 2.39 bits per heavy atom. The fourth-order valence-electron chi connectivity index (χ4n) is 2.84. The second kappa shape index (κ2) is 5.72. The van der Waals surface area contributed by atoms with Gasteiger partial charge in [0.1, 0.15) is 0 Å². The van der Waals surface area contributed by atoms with Crippen LogP contribution in [-0.2, 0) is 9.53 Å². The summed E-state index contributed by atoms with van der Waals surface area (Å²) in [4.78, 5) is 12.2. The highest BCUT2D eigenvalue weighted by atomic mass is 16.5. The van der Waals surface area contributed by atoms with E-state index in [2.05, 4.69) is 0 Å². The molecule has 2 atom stereocenters. The second-order valence-corrected chi connectivity index (χ2v) is 5.39. The maximum absolute atomic E-state index is 12.2. The van der Waals surface area contributed by atoms with Crippen LogP contribution in [0.4, 0.5) is 0 Å². The van der Waals surface area contributed by atoms with Crippen molar-refractivity contribution in [3.8, 4) is 23.0 Å². The Bertz CT molecular complexity index is 755. The van der Waals surface area contributed by atoms with Crippen LogP contribution in [0.15, 0.2) is 36.4 Å². The number of esters is 1. The van der Waals surface area contributed by atoms with Crippen LogP contribution in [0.3, 0.4) is 0 Å². The van der Waals surface area contributed by atoms with Gasteiger partial charge in [-0.3, -0.25) is 4.79 Å². The number of phenols is 3. The van der Waals surface area contributed by atoms with Crippen molar-refractivity contribution in [2.24, 2.45) is 0 Å². The fourth-order valence-corrected chi connectivity index (χ4v) is 2.84. The van der Waals surface area contributed by atoms with E-state index in [1.165, 1.54) is 25.3 Å². The zero-order valence-corrected chi connectivity index (χ0v) is 12.4. The van der Waals surface area contributed by atoms with Gasteiger partial charge < -0.3 is 24.8 Å². The number of hydrogen-bond donors (Lipinski definition) is 3. The number of cyclic esters (lactones) is 1. The standard InChI is InChI=1S/C17H16O6/c1-22-15-7-10(3-5-13(15)19)16-11(8-23-17(16)21)9-2-4-12(18)14(20)6-9/h2-7,11,16,18-20H,8H2,1H3/t11-,16-/m0/s1. The molecule has 2 aromatic rings. The van der Waals surface area contributed by atoms with Gasteiger partial charge in [0, 0.05) is 5.92 Å². The van der Waals surface area contributed by atoms with Crippen molar-refractivity contribution < 1.29 is 29.6 Å². The van der Waals surface area contributed by atoms with Crippen molar-refractivity contribution in [3.63, 3.8) is 0 Å². The molecule has 0 aromatic heterocycles. The summed E-state index contributed by atoms with van der Waals surface area (Å²) in [6.45, 7) is 0.177. The van der Waals surface area contributed by atoms with E-state index in [0.29, 0.717) is 11.1 Å². The Hall–Kier alpha value is -2.89. The summed E-state index contributed by atoms with van der Waals surface area (Å²) in [6, 6.07) is 9.15. The number of carbonyl (C=O) groups is 1. The third kappa shape index (κ3) is 2.63. The number of methoxy groups -OCH3 is 1. The summed E-state index contributed by atoms with van der Waals surface area (Å²) >= 11 is 0. The Kier molecular flexibility index (Phi) is 3.73. The maximum Gasteiger partial charge on any atom is 0.314 e. The number of carbonyl (C=O) groups excluding carboxylic acids is 1. The summed E-state index contributed by atoms with van der Waals surface area (Å²) in [5, 5.41) is 28.8. The quantitative estimate of drug-likeness (QED) is 0.593. The molecule has 6 heteroatoms. The van der Waals surface area contributed by atoms with E-state index in [1.54, 1.807) is 18.2 Å². The van der Waals surface area contributed by atoms with Crippen LogP contribution in [0.2, 0.25) is 0 Å². The number of rotatable bonds is 3. The van der Waals surface area contributed by atoms with Crippen molar-refractivity contribution in [2.75, 3.05) is 13.7 Å². The molecule has 1 aliphatic heterocycles. The largest absolute Gasteiger partial charge is 0.504 e. The molecule has 0 saturated carbocycles. The lowest BCUT2D eigenvalue weighted by Gasteiger charge is -2.17. The molecule has 2 aromatic carbocycles. The van der Waals surface area contributed by atoms with Gasteiger partial charge in [-0.2, -0.15) is 0 Å². The molecular weight excluding hydrogens is 300 g/mol. The molecule has 0 spiro atoms. The van der Waals surface area contributed by atoms with Gasteiger partial charge in [-0.25, -0.2) is 0 Å². The van der Waals surface area contributed by atoms with Crippen LogP contribution in [0.1, 0.15) is 23.0 Å². The van der Waals surface area contributed by atoms with Crippen molar-refractivity contribution in [1.82, 2.24) is 0 Å². The van der Waals surface area contributed by atoms with E-state index in [0.717, 1.165) is 0 Å². The molecule has 120 valence electrons. The molecule has 23 heavy (non-hydrogen) atoms. The SMILES string of the molecule is COc1cc([C@@H]2C(=O)OC[C@H]2c2ccc(O)c(O)c2)ccc1O. The summed E-state index contributed by atoms with van der Waals surface area (Å²) in [7, 11) is 1.43. The number of benzene rings is 2. The first-order valence-corrected chi connectivity index (χ1v) is 7.06. The molecule has 1 aliphatic rings. The lowest BCUT2D eigenvalue weighted by molar-refractivity contribution is -0.139. The Morgan fingerprint density at radius 2 is 1.70 bits per heavy atom. The lowest BCUT2D eigenvalue weighted by Crippen LogP contribution is -2.12. The van der Waals surface area contributed by atoms with Crippen molar-refractivity contribution in [3.05, 3.63) is 47.5 Å². The van der Waals surface area contributed by atoms with Gasteiger partial charge in [-0.05, 0) is 35.4 Å². The van der Waals surface area contributed by atoms with Crippen LogP contribution >= 0.6 is 0 Å². The Labute approximate surface area is 132 Å². The van der Waals surface area contributed by atoms with Crippen LogP contribution in [0.5, 0.6) is 23.0 Å². The van der Waals surface area contributed by atoms with Gasteiger partial charge in [0.25, 0.3) is 0 Å². The van der Waals surface area contributed by atoms with E-state index in [4.69, 9.17) is 9.47 Å². The van der Waals surface area contributed by atoms with Gasteiger partial charge in [-0.1, -0.05) is 12.1 Å². The molecule has 1 heterocycles. The molecule has 6 nitrogen and oxygen atoms in total. The first-order chi connectivity index (χ1) is 11.0. The summed E-state index contributed by atoms with van der Waals surface area (Å²) in [5.41, 5.74) is 1.34. The highest BCUT2D eigenvalue weighted by Crippen LogP contribution is 2.43. The van der Waals surface area contributed by atoms with Gasteiger partial charge in [0.05, 0.1) is 19.6 Å². The number of phenolic OH excluding ortho intramolecular Hbond substituents is 3.